The zero-order valence-electron chi connectivity index (χ0n) is 7.56. The van der Waals surface area contributed by atoms with Gasteiger partial charge in [0.2, 0.25) is 0 Å². The van der Waals surface area contributed by atoms with E-state index in [1.54, 1.807) is 19.2 Å². The maximum atomic E-state index is 5.34. The van der Waals surface area contributed by atoms with E-state index in [-0.39, 0.29) is 0 Å². The molecule has 1 aromatic rings. The SMILES string of the molecule is C#[N+]c1ccc(OCCOC)cc1. The summed E-state index contributed by atoms with van der Waals surface area (Å²) in [7, 11) is 1.64. The van der Waals surface area contributed by atoms with Gasteiger partial charge in [0.25, 0.3) is 6.57 Å². The predicted octanol–water partition coefficient (Wildman–Crippen LogP) is 2.31. The van der Waals surface area contributed by atoms with E-state index in [0.717, 1.165) is 11.4 Å². The first-order chi connectivity index (χ1) is 6.36. The van der Waals surface area contributed by atoms with Crippen molar-refractivity contribution in [3.63, 3.8) is 0 Å². The molecule has 0 aliphatic carbocycles. The minimum atomic E-state index is 0.551. The van der Waals surface area contributed by atoms with Crippen molar-refractivity contribution in [2.24, 2.45) is 0 Å². The largest absolute Gasteiger partial charge is 0.491 e. The Kier molecular flexibility index (Phi) is 3.80. The van der Waals surface area contributed by atoms with Crippen LogP contribution in [-0.4, -0.2) is 20.3 Å². The number of nitrogens with zero attached hydrogens (tertiary/aromatic N) is 1. The maximum Gasteiger partial charge on any atom is 0.340 e. The second kappa shape index (κ2) is 5.18. The van der Waals surface area contributed by atoms with Crippen molar-refractivity contribution in [2.45, 2.75) is 0 Å². The highest BCUT2D eigenvalue weighted by Gasteiger charge is 1.99. The standard InChI is InChI=1S/C10H12NO2/c1-11-9-3-5-10(6-4-9)13-8-7-12-2/h1,3-6H,7-8H2,2H3/q+1. The summed E-state index contributed by atoms with van der Waals surface area (Å²) in [6, 6.07) is 7.23. The summed E-state index contributed by atoms with van der Waals surface area (Å²) in [6.07, 6.45) is 0. The van der Waals surface area contributed by atoms with Crippen molar-refractivity contribution >= 4 is 5.69 Å². The lowest BCUT2D eigenvalue weighted by atomic mass is 10.3. The van der Waals surface area contributed by atoms with Gasteiger partial charge >= 0.3 is 5.69 Å². The lowest BCUT2D eigenvalue weighted by Gasteiger charge is -2.03. The van der Waals surface area contributed by atoms with Gasteiger partial charge in [0, 0.05) is 19.2 Å². The third kappa shape index (κ3) is 3.14. The molecule has 0 aliphatic heterocycles. The maximum absolute atomic E-state index is 5.34. The fraction of sp³-hybridized carbons (Fsp3) is 0.300. The Balaban J connectivity index is 2.46. The van der Waals surface area contributed by atoms with Crippen molar-refractivity contribution in [2.75, 3.05) is 20.3 Å². The van der Waals surface area contributed by atoms with E-state index in [2.05, 4.69) is 4.85 Å². The van der Waals surface area contributed by atoms with E-state index in [0.29, 0.717) is 13.2 Å². The summed E-state index contributed by atoms with van der Waals surface area (Å²) >= 11 is 0. The Bertz CT molecular complexity index is 287. The molecule has 0 aromatic heterocycles. The first-order valence-electron chi connectivity index (χ1n) is 3.99. The lowest BCUT2D eigenvalue weighted by molar-refractivity contribution is 0.146. The zero-order chi connectivity index (χ0) is 9.52. The Hall–Kier alpha value is -1.53. The molecule has 0 spiro atoms. The number of hydrogen-bond acceptors (Lipinski definition) is 2. The quantitative estimate of drug-likeness (QED) is 0.660. The summed E-state index contributed by atoms with van der Waals surface area (Å²) in [5, 5.41) is 0. The van der Waals surface area contributed by atoms with Gasteiger partial charge in [-0.25, -0.2) is 0 Å². The molecule has 0 amide bonds. The Morgan fingerprint density at radius 3 is 2.46 bits per heavy atom. The van der Waals surface area contributed by atoms with Crippen LogP contribution in [0.5, 0.6) is 5.75 Å². The third-order valence-corrected chi connectivity index (χ3v) is 1.54. The lowest BCUT2D eigenvalue weighted by Crippen LogP contribution is -2.03. The van der Waals surface area contributed by atoms with E-state index in [1.807, 2.05) is 12.1 Å². The highest BCUT2D eigenvalue weighted by Crippen LogP contribution is 2.17. The van der Waals surface area contributed by atoms with Gasteiger partial charge in [0.1, 0.15) is 12.4 Å². The molecule has 1 aromatic carbocycles. The van der Waals surface area contributed by atoms with Crippen molar-refractivity contribution in [1.82, 2.24) is 0 Å². The van der Waals surface area contributed by atoms with Gasteiger partial charge in [0.15, 0.2) is 0 Å². The van der Waals surface area contributed by atoms with Crippen LogP contribution >= 0.6 is 0 Å². The first kappa shape index (κ1) is 9.56. The Labute approximate surface area is 77.7 Å². The van der Waals surface area contributed by atoms with E-state index in [4.69, 9.17) is 16.0 Å². The molecule has 0 N–H and O–H groups in total. The molecular weight excluding hydrogens is 166 g/mol. The van der Waals surface area contributed by atoms with Crippen molar-refractivity contribution in [3.05, 3.63) is 29.1 Å². The molecule has 0 saturated carbocycles. The molecule has 68 valence electrons. The summed E-state index contributed by atoms with van der Waals surface area (Å²) in [4.78, 5) is 3.53. The average Bonchev–Trinajstić information content (AvgIpc) is 2.19. The number of hydrogen-bond donors (Lipinski definition) is 0. The van der Waals surface area contributed by atoms with Gasteiger partial charge in [-0.3, -0.25) is 0 Å². The van der Waals surface area contributed by atoms with E-state index in [1.165, 1.54) is 0 Å². The molecule has 3 heteroatoms. The first-order valence-corrected chi connectivity index (χ1v) is 3.99. The van der Waals surface area contributed by atoms with Crippen LogP contribution in [0.15, 0.2) is 24.3 Å². The molecular formula is C10H12NO2+. The molecule has 0 saturated heterocycles. The monoisotopic (exact) mass is 178 g/mol. The molecule has 0 aliphatic rings. The molecule has 0 atom stereocenters. The van der Waals surface area contributed by atoms with Gasteiger partial charge in [-0.1, -0.05) is 0 Å². The molecule has 3 nitrogen and oxygen atoms in total. The number of methoxy groups -OCH3 is 1. The zero-order valence-corrected chi connectivity index (χ0v) is 7.56. The van der Waals surface area contributed by atoms with Crippen LogP contribution < -0.4 is 4.74 Å². The Morgan fingerprint density at radius 1 is 1.23 bits per heavy atom. The van der Waals surface area contributed by atoms with Gasteiger partial charge in [0.05, 0.1) is 6.61 Å². The van der Waals surface area contributed by atoms with Crippen molar-refractivity contribution in [3.8, 4) is 12.3 Å². The molecule has 13 heavy (non-hydrogen) atoms. The van der Waals surface area contributed by atoms with Gasteiger partial charge in [-0.15, -0.1) is 0 Å². The molecule has 0 heterocycles. The van der Waals surface area contributed by atoms with Crippen LogP contribution in [0.3, 0.4) is 0 Å². The molecule has 0 radical (unpaired) electrons. The topological polar surface area (TPSA) is 22.8 Å². The van der Waals surface area contributed by atoms with Crippen LogP contribution in [0.25, 0.3) is 4.85 Å². The molecule has 0 fully saturated rings. The van der Waals surface area contributed by atoms with E-state index in [9.17, 15) is 0 Å². The third-order valence-electron chi connectivity index (χ3n) is 1.54. The van der Waals surface area contributed by atoms with Crippen LogP contribution in [0, 0.1) is 6.57 Å². The van der Waals surface area contributed by atoms with E-state index < -0.39 is 0 Å². The highest BCUT2D eigenvalue weighted by atomic mass is 16.5. The van der Waals surface area contributed by atoms with Crippen LogP contribution in [0.2, 0.25) is 0 Å². The smallest absolute Gasteiger partial charge is 0.340 e. The van der Waals surface area contributed by atoms with Gasteiger partial charge < -0.3 is 9.47 Å². The Morgan fingerprint density at radius 2 is 1.92 bits per heavy atom. The summed E-state index contributed by atoms with van der Waals surface area (Å²) in [5.74, 6) is 0.796. The number of rotatable bonds is 4. The summed E-state index contributed by atoms with van der Waals surface area (Å²) in [6.45, 7) is 6.22. The van der Waals surface area contributed by atoms with Crippen LogP contribution in [-0.2, 0) is 4.74 Å². The van der Waals surface area contributed by atoms with Crippen molar-refractivity contribution < 1.29 is 9.47 Å². The van der Waals surface area contributed by atoms with Crippen molar-refractivity contribution in [1.29, 1.82) is 0 Å². The minimum absolute atomic E-state index is 0.551. The second-order valence-corrected chi connectivity index (χ2v) is 2.46. The number of ether oxygens (including phenoxy) is 2. The molecule has 0 unspecified atom stereocenters. The fourth-order valence-electron chi connectivity index (χ4n) is 0.871. The van der Waals surface area contributed by atoms with Gasteiger partial charge in [-0.05, 0) is 17.0 Å². The predicted molar refractivity (Wildman–Crippen MR) is 51.8 cm³/mol. The average molecular weight is 178 g/mol. The van der Waals surface area contributed by atoms with Gasteiger partial charge in [-0.2, -0.15) is 0 Å². The summed E-state index contributed by atoms with van der Waals surface area (Å²) in [5.41, 5.74) is 0.735. The highest BCUT2D eigenvalue weighted by molar-refractivity contribution is 5.47. The number of benzene rings is 1. The fourth-order valence-corrected chi connectivity index (χ4v) is 0.871. The molecule has 1 rings (SSSR count). The summed E-state index contributed by atoms with van der Waals surface area (Å²) < 4.78 is 10.2. The van der Waals surface area contributed by atoms with Crippen LogP contribution in [0.1, 0.15) is 0 Å². The minimum Gasteiger partial charge on any atom is -0.491 e. The van der Waals surface area contributed by atoms with E-state index >= 15 is 0 Å². The normalized spacial score (nSPS) is 9.23. The van der Waals surface area contributed by atoms with Crippen LogP contribution in [0.4, 0.5) is 5.69 Å². The second-order valence-electron chi connectivity index (χ2n) is 2.46. The molecule has 0 bridgehead atoms.